The molecule has 2 aromatic heterocycles. The number of thiocarbonyl (C=S) groups is 1. The molecule has 8 heteroatoms. The van der Waals surface area contributed by atoms with Crippen molar-refractivity contribution in [2.45, 2.75) is 32.4 Å². The van der Waals surface area contributed by atoms with Gasteiger partial charge in [-0.3, -0.25) is 4.98 Å². The first kappa shape index (κ1) is 26.4. The molecule has 1 saturated heterocycles. The SMILES string of the molecule is COC(=O)c1ccc(-n2c(C)cc([C@@H]3[C@H](c4ccccn4)NC(=S)N3CCCNc3ccccc3)c2C)cc1. The molecule has 0 unspecified atom stereocenters. The van der Waals surface area contributed by atoms with Gasteiger partial charge >= 0.3 is 5.97 Å². The van der Waals surface area contributed by atoms with E-state index < -0.39 is 0 Å². The molecule has 5 rings (SSSR count). The summed E-state index contributed by atoms with van der Waals surface area (Å²) >= 11 is 5.88. The molecule has 1 aliphatic rings. The number of esters is 1. The topological polar surface area (TPSA) is 71.4 Å². The maximum Gasteiger partial charge on any atom is 0.337 e. The van der Waals surface area contributed by atoms with Gasteiger partial charge in [0.1, 0.15) is 0 Å². The van der Waals surface area contributed by atoms with Crippen LogP contribution in [0.15, 0.2) is 85.1 Å². The Morgan fingerprint density at radius 1 is 1.05 bits per heavy atom. The van der Waals surface area contributed by atoms with Gasteiger partial charge in [0.2, 0.25) is 0 Å². The Morgan fingerprint density at radius 3 is 2.49 bits per heavy atom. The number of hydrogen-bond acceptors (Lipinski definition) is 5. The number of aryl methyl sites for hydroxylation is 1. The van der Waals surface area contributed by atoms with Crippen LogP contribution in [0.1, 0.15) is 51.5 Å². The maximum absolute atomic E-state index is 11.9. The molecular formula is C31H33N5O2S. The Kier molecular flexibility index (Phi) is 7.93. The standard InChI is InChI=1S/C31H33N5O2S/c1-21-20-26(22(2)36(21)25-15-13-23(14-16-25)30(37)38-3)29-28(27-12-7-8-17-33-27)34-31(39)35(29)19-9-18-32-24-10-5-4-6-11-24/h4-8,10-17,20,28-29,32H,9,18-19H2,1-3H3,(H,34,39)/t28-,29+/m0/s1. The second kappa shape index (κ2) is 11.7. The molecule has 200 valence electrons. The Balaban J connectivity index is 1.45. The number of pyridine rings is 1. The number of nitrogens with zero attached hydrogens (tertiary/aromatic N) is 3. The molecule has 3 heterocycles. The lowest BCUT2D eigenvalue weighted by atomic mass is 9.96. The van der Waals surface area contributed by atoms with Crippen LogP contribution in [0.5, 0.6) is 0 Å². The van der Waals surface area contributed by atoms with Crippen LogP contribution in [0.3, 0.4) is 0 Å². The number of benzene rings is 2. The number of rotatable bonds is 9. The van der Waals surface area contributed by atoms with E-state index in [0.717, 1.165) is 53.1 Å². The third-order valence-corrected chi connectivity index (χ3v) is 7.56. The number of para-hydroxylation sites is 1. The van der Waals surface area contributed by atoms with Gasteiger partial charge in [0, 0.05) is 42.0 Å². The molecule has 7 nitrogen and oxygen atoms in total. The van der Waals surface area contributed by atoms with Gasteiger partial charge < -0.3 is 24.8 Å². The van der Waals surface area contributed by atoms with Gasteiger partial charge in [-0.15, -0.1) is 0 Å². The Labute approximate surface area is 234 Å². The molecule has 0 amide bonds. The fraction of sp³-hybridized carbons (Fsp3) is 0.258. The minimum absolute atomic E-state index is 0.0154. The lowest BCUT2D eigenvalue weighted by Gasteiger charge is -2.28. The van der Waals surface area contributed by atoms with Gasteiger partial charge in [0.25, 0.3) is 0 Å². The number of nitrogens with one attached hydrogen (secondary N) is 2. The smallest absolute Gasteiger partial charge is 0.337 e. The first-order valence-corrected chi connectivity index (χ1v) is 13.5. The van der Waals surface area contributed by atoms with E-state index >= 15 is 0 Å². The first-order valence-electron chi connectivity index (χ1n) is 13.1. The predicted molar refractivity (Wildman–Crippen MR) is 158 cm³/mol. The van der Waals surface area contributed by atoms with Crippen molar-refractivity contribution in [2.75, 3.05) is 25.5 Å². The molecule has 2 N–H and O–H groups in total. The van der Waals surface area contributed by atoms with Crippen LogP contribution in [-0.4, -0.2) is 45.7 Å². The lowest BCUT2D eigenvalue weighted by molar-refractivity contribution is 0.0600. The molecule has 1 aliphatic heterocycles. The minimum Gasteiger partial charge on any atom is -0.465 e. The van der Waals surface area contributed by atoms with Crippen LogP contribution < -0.4 is 10.6 Å². The van der Waals surface area contributed by atoms with Crippen molar-refractivity contribution in [1.29, 1.82) is 0 Å². The maximum atomic E-state index is 11.9. The van der Waals surface area contributed by atoms with Gasteiger partial charge in [-0.05, 0) is 92.6 Å². The molecule has 2 aromatic carbocycles. The van der Waals surface area contributed by atoms with Crippen molar-refractivity contribution < 1.29 is 9.53 Å². The quantitative estimate of drug-likeness (QED) is 0.159. The van der Waals surface area contributed by atoms with Gasteiger partial charge in [-0.25, -0.2) is 4.79 Å². The summed E-state index contributed by atoms with van der Waals surface area (Å²) in [6.07, 6.45) is 2.76. The fourth-order valence-electron chi connectivity index (χ4n) is 5.37. The zero-order chi connectivity index (χ0) is 27.4. The van der Waals surface area contributed by atoms with E-state index in [0.29, 0.717) is 5.56 Å². The van der Waals surface area contributed by atoms with Crippen LogP contribution in [-0.2, 0) is 4.74 Å². The second-order valence-electron chi connectivity index (χ2n) is 9.67. The summed E-state index contributed by atoms with van der Waals surface area (Å²) in [5, 5.41) is 7.81. The number of ether oxygens (including phenoxy) is 1. The van der Waals surface area contributed by atoms with E-state index in [1.165, 1.54) is 12.7 Å². The highest BCUT2D eigenvalue weighted by molar-refractivity contribution is 7.80. The van der Waals surface area contributed by atoms with E-state index in [9.17, 15) is 4.79 Å². The highest BCUT2D eigenvalue weighted by atomic mass is 32.1. The Bertz CT molecular complexity index is 1440. The van der Waals surface area contributed by atoms with Crippen molar-refractivity contribution in [2.24, 2.45) is 0 Å². The summed E-state index contributed by atoms with van der Waals surface area (Å²) in [5.41, 5.74) is 7.03. The molecular weight excluding hydrogens is 506 g/mol. The number of carbonyl (C=O) groups is 1. The van der Waals surface area contributed by atoms with E-state index in [1.807, 2.05) is 48.7 Å². The molecule has 0 radical (unpaired) electrons. The largest absolute Gasteiger partial charge is 0.465 e. The third kappa shape index (κ3) is 5.52. The number of methoxy groups -OCH3 is 1. The number of aromatic nitrogens is 2. The average molecular weight is 540 g/mol. The fourth-order valence-corrected chi connectivity index (χ4v) is 5.70. The zero-order valence-electron chi connectivity index (χ0n) is 22.4. The van der Waals surface area contributed by atoms with E-state index in [2.05, 4.69) is 63.2 Å². The van der Waals surface area contributed by atoms with Gasteiger partial charge in [0.15, 0.2) is 5.11 Å². The summed E-state index contributed by atoms with van der Waals surface area (Å²) in [6, 6.07) is 25.9. The van der Waals surface area contributed by atoms with Crippen molar-refractivity contribution in [3.05, 3.63) is 113 Å². The second-order valence-corrected chi connectivity index (χ2v) is 10.1. The number of anilines is 1. The molecule has 0 aliphatic carbocycles. The van der Waals surface area contributed by atoms with Crippen molar-refractivity contribution in [1.82, 2.24) is 19.8 Å². The summed E-state index contributed by atoms with van der Waals surface area (Å²) in [6.45, 7) is 5.89. The summed E-state index contributed by atoms with van der Waals surface area (Å²) in [5.74, 6) is -0.343. The van der Waals surface area contributed by atoms with Crippen molar-refractivity contribution in [3.63, 3.8) is 0 Å². The van der Waals surface area contributed by atoms with E-state index in [-0.39, 0.29) is 18.1 Å². The molecule has 39 heavy (non-hydrogen) atoms. The summed E-state index contributed by atoms with van der Waals surface area (Å²) < 4.78 is 7.09. The molecule has 0 saturated carbocycles. The van der Waals surface area contributed by atoms with Crippen LogP contribution in [0, 0.1) is 13.8 Å². The number of carbonyl (C=O) groups excluding carboxylic acids is 1. The Hall–Kier alpha value is -4.17. The average Bonchev–Trinajstić information content (AvgIpc) is 3.45. The third-order valence-electron chi connectivity index (χ3n) is 7.21. The van der Waals surface area contributed by atoms with Crippen molar-refractivity contribution >= 4 is 29.0 Å². The number of hydrogen-bond donors (Lipinski definition) is 2. The van der Waals surface area contributed by atoms with Crippen LogP contribution in [0.4, 0.5) is 5.69 Å². The highest BCUT2D eigenvalue weighted by Crippen LogP contribution is 2.41. The van der Waals surface area contributed by atoms with Crippen LogP contribution >= 0.6 is 12.2 Å². The van der Waals surface area contributed by atoms with Gasteiger partial charge in [0.05, 0.1) is 30.5 Å². The zero-order valence-corrected chi connectivity index (χ0v) is 23.2. The first-order chi connectivity index (χ1) is 19.0. The summed E-state index contributed by atoms with van der Waals surface area (Å²) in [4.78, 5) is 18.9. The molecule has 4 aromatic rings. The lowest BCUT2D eigenvalue weighted by Crippen LogP contribution is -2.31. The van der Waals surface area contributed by atoms with Crippen LogP contribution in [0.2, 0.25) is 0 Å². The van der Waals surface area contributed by atoms with Gasteiger partial charge in [-0.2, -0.15) is 0 Å². The van der Waals surface area contributed by atoms with E-state index in [4.69, 9.17) is 17.0 Å². The highest BCUT2D eigenvalue weighted by Gasteiger charge is 2.41. The van der Waals surface area contributed by atoms with E-state index in [1.54, 1.807) is 12.1 Å². The molecule has 2 atom stereocenters. The predicted octanol–water partition coefficient (Wildman–Crippen LogP) is 5.75. The van der Waals surface area contributed by atoms with Crippen LogP contribution in [0.25, 0.3) is 5.69 Å². The minimum atomic E-state index is -0.343. The van der Waals surface area contributed by atoms with Gasteiger partial charge in [-0.1, -0.05) is 24.3 Å². The normalized spacial score (nSPS) is 16.7. The summed E-state index contributed by atoms with van der Waals surface area (Å²) in [7, 11) is 1.39. The molecule has 0 bridgehead atoms. The van der Waals surface area contributed by atoms with Crippen molar-refractivity contribution in [3.8, 4) is 5.69 Å². The molecule has 0 spiro atoms. The molecule has 1 fully saturated rings. The Morgan fingerprint density at radius 2 is 1.79 bits per heavy atom. The monoisotopic (exact) mass is 539 g/mol.